The highest BCUT2D eigenvalue weighted by atomic mass is 35.5. The first-order valence-corrected chi connectivity index (χ1v) is 8.25. The fourth-order valence-electron chi connectivity index (χ4n) is 2.94. The zero-order valence-electron chi connectivity index (χ0n) is 12.9. The number of rotatable bonds is 5. The van der Waals surface area contributed by atoms with Gasteiger partial charge in [0.2, 0.25) is 5.91 Å². The smallest absolute Gasteiger partial charge is 0.238 e. The van der Waals surface area contributed by atoms with Crippen LogP contribution < -0.4 is 10.6 Å². The molecule has 1 aromatic rings. The van der Waals surface area contributed by atoms with E-state index in [9.17, 15) is 4.79 Å². The van der Waals surface area contributed by atoms with Gasteiger partial charge in [0.25, 0.3) is 0 Å². The maximum atomic E-state index is 12.0. The number of benzene rings is 1. The van der Waals surface area contributed by atoms with Crippen LogP contribution in [-0.4, -0.2) is 18.5 Å². The second-order valence-electron chi connectivity index (χ2n) is 6.01. The van der Waals surface area contributed by atoms with E-state index >= 15 is 0 Å². The first-order chi connectivity index (χ1) is 10.1. The second kappa shape index (κ2) is 7.81. The van der Waals surface area contributed by atoms with Gasteiger partial charge in [-0.2, -0.15) is 0 Å². The Morgan fingerprint density at radius 1 is 1.29 bits per heavy atom. The molecule has 0 unspecified atom stereocenters. The molecule has 4 heteroatoms. The lowest BCUT2D eigenvalue weighted by atomic mass is 9.84. The van der Waals surface area contributed by atoms with Crippen LogP contribution in [0, 0.1) is 12.8 Å². The number of hydrogen-bond donors (Lipinski definition) is 2. The third-order valence-corrected chi connectivity index (χ3v) is 4.68. The Kier molecular flexibility index (Phi) is 6.07. The fraction of sp³-hybridized carbons (Fsp3) is 0.588. The van der Waals surface area contributed by atoms with Crippen LogP contribution in [0.5, 0.6) is 0 Å². The van der Waals surface area contributed by atoms with Gasteiger partial charge in [0.15, 0.2) is 0 Å². The van der Waals surface area contributed by atoms with Crippen molar-refractivity contribution in [2.45, 2.75) is 52.0 Å². The number of aryl methyl sites for hydroxylation is 1. The topological polar surface area (TPSA) is 41.1 Å². The van der Waals surface area contributed by atoms with Gasteiger partial charge in [-0.15, -0.1) is 0 Å². The molecular formula is C17H25ClN2O. The highest BCUT2D eigenvalue weighted by molar-refractivity contribution is 6.31. The molecule has 0 bridgehead atoms. The molecule has 2 rings (SSSR count). The molecule has 3 nitrogen and oxygen atoms in total. The normalized spacial score (nSPS) is 22.0. The molecule has 0 heterocycles. The summed E-state index contributed by atoms with van der Waals surface area (Å²) in [6, 6.07) is 6.02. The van der Waals surface area contributed by atoms with Crippen LogP contribution in [-0.2, 0) is 4.79 Å². The van der Waals surface area contributed by atoms with Crippen molar-refractivity contribution in [3.63, 3.8) is 0 Å². The summed E-state index contributed by atoms with van der Waals surface area (Å²) in [5, 5.41) is 6.94. The van der Waals surface area contributed by atoms with Crippen molar-refractivity contribution in [2.24, 2.45) is 5.92 Å². The summed E-state index contributed by atoms with van der Waals surface area (Å²) in [5.74, 6) is 0.879. The predicted molar refractivity (Wildman–Crippen MR) is 88.9 cm³/mol. The van der Waals surface area contributed by atoms with Crippen LogP contribution in [0.2, 0.25) is 5.02 Å². The Morgan fingerprint density at radius 3 is 2.67 bits per heavy atom. The largest absolute Gasteiger partial charge is 0.325 e. The first-order valence-electron chi connectivity index (χ1n) is 7.88. The third-order valence-electron chi connectivity index (χ3n) is 4.45. The number of nitrogens with one attached hydrogen (secondary N) is 2. The van der Waals surface area contributed by atoms with E-state index in [1.54, 1.807) is 6.07 Å². The summed E-state index contributed by atoms with van der Waals surface area (Å²) in [5.41, 5.74) is 1.82. The van der Waals surface area contributed by atoms with Crippen molar-refractivity contribution in [1.82, 2.24) is 5.32 Å². The summed E-state index contributed by atoms with van der Waals surface area (Å²) in [6.07, 6.45) is 6.21. The highest BCUT2D eigenvalue weighted by Gasteiger charge is 2.20. The average molecular weight is 309 g/mol. The standard InChI is InChI=1S/C17H25ClN2O/c1-3-13-5-8-15(9-6-13)19-11-17(21)20-16-10-14(18)7-4-12(16)2/h4,7,10,13,15,19H,3,5-6,8-9,11H2,1-2H3,(H,20,21). The van der Waals surface area contributed by atoms with Crippen LogP contribution >= 0.6 is 11.6 Å². The fourth-order valence-corrected chi connectivity index (χ4v) is 3.11. The number of carbonyl (C=O) groups excluding carboxylic acids is 1. The van der Waals surface area contributed by atoms with E-state index < -0.39 is 0 Å². The van der Waals surface area contributed by atoms with Gasteiger partial charge >= 0.3 is 0 Å². The van der Waals surface area contributed by atoms with Crippen molar-refractivity contribution in [2.75, 3.05) is 11.9 Å². The molecule has 0 saturated heterocycles. The van der Waals surface area contributed by atoms with Crippen molar-refractivity contribution in [3.8, 4) is 0 Å². The lowest BCUT2D eigenvalue weighted by Crippen LogP contribution is -2.38. The predicted octanol–water partition coefficient (Wildman–Crippen LogP) is 4.15. The van der Waals surface area contributed by atoms with Gasteiger partial charge < -0.3 is 10.6 Å². The average Bonchev–Trinajstić information content (AvgIpc) is 2.49. The molecule has 0 spiro atoms. The van der Waals surface area contributed by atoms with Crippen LogP contribution in [0.15, 0.2) is 18.2 Å². The minimum absolute atomic E-state index is 0.00187. The molecule has 0 aliphatic heterocycles. The quantitative estimate of drug-likeness (QED) is 0.858. The first kappa shape index (κ1) is 16.3. The third kappa shape index (κ3) is 5.01. The number of amides is 1. The second-order valence-corrected chi connectivity index (χ2v) is 6.45. The van der Waals surface area contributed by atoms with E-state index in [2.05, 4.69) is 17.6 Å². The Hall–Kier alpha value is -1.06. The molecule has 1 fully saturated rings. The van der Waals surface area contributed by atoms with E-state index in [0.717, 1.165) is 17.2 Å². The summed E-state index contributed by atoms with van der Waals surface area (Å²) >= 11 is 5.96. The Labute approximate surface area is 132 Å². The van der Waals surface area contributed by atoms with Crippen molar-refractivity contribution < 1.29 is 4.79 Å². The van der Waals surface area contributed by atoms with Crippen molar-refractivity contribution in [3.05, 3.63) is 28.8 Å². The maximum Gasteiger partial charge on any atom is 0.238 e. The number of halogens is 1. The molecule has 0 radical (unpaired) electrons. The Bertz CT molecular complexity index is 482. The molecule has 0 aromatic heterocycles. The lowest BCUT2D eigenvalue weighted by molar-refractivity contribution is -0.115. The van der Waals surface area contributed by atoms with E-state index in [0.29, 0.717) is 17.6 Å². The molecule has 21 heavy (non-hydrogen) atoms. The highest BCUT2D eigenvalue weighted by Crippen LogP contribution is 2.26. The summed E-state index contributed by atoms with van der Waals surface area (Å²) in [7, 11) is 0. The van der Waals surface area contributed by atoms with E-state index in [4.69, 9.17) is 11.6 Å². The Balaban J connectivity index is 1.76. The molecule has 116 valence electrons. The summed E-state index contributed by atoms with van der Waals surface area (Å²) in [4.78, 5) is 12.0. The lowest BCUT2D eigenvalue weighted by Gasteiger charge is -2.28. The molecule has 1 amide bonds. The maximum absolute atomic E-state index is 12.0. The molecule has 1 saturated carbocycles. The van der Waals surface area contributed by atoms with Crippen molar-refractivity contribution in [1.29, 1.82) is 0 Å². The van der Waals surface area contributed by atoms with Gasteiger partial charge in [0.05, 0.1) is 6.54 Å². The molecule has 1 aliphatic rings. The minimum atomic E-state index is -0.00187. The summed E-state index contributed by atoms with van der Waals surface area (Å²) < 4.78 is 0. The van der Waals surface area contributed by atoms with Gasteiger partial charge in [-0.3, -0.25) is 4.79 Å². The van der Waals surface area contributed by atoms with Gasteiger partial charge in [-0.25, -0.2) is 0 Å². The molecule has 0 atom stereocenters. The van der Waals surface area contributed by atoms with Crippen LogP contribution in [0.1, 0.15) is 44.6 Å². The van der Waals surface area contributed by atoms with E-state index in [1.165, 1.54) is 32.1 Å². The van der Waals surface area contributed by atoms with Crippen molar-refractivity contribution >= 4 is 23.2 Å². The van der Waals surface area contributed by atoms with Crippen LogP contribution in [0.25, 0.3) is 0 Å². The minimum Gasteiger partial charge on any atom is -0.325 e. The Morgan fingerprint density at radius 2 is 2.00 bits per heavy atom. The number of hydrogen-bond acceptors (Lipinski definition) is 2. The van der Waals surface area contributed by atoms with Crippen LogP contribution in [0.3, 0.4) is 0 Å². The molecule has 1 aliphatic carbocycles. The monoisotopic (exact) mass is 308 g/mol. The number of anilines is 1. The van der Waals surface area contributed by atoms with Gasteiger partial charge in [-0.05, 0) is 56.2 Å². The molecule has 1 aromatic carbocycles. The summed E-state index contributed by atoms with van der Waals surface area (Å²) in [6.45, 7) is 4.60. The van der Waals surface area contributed by atoms with E-state index in [1.807, 2.05) is 19.1 Å². The zero-order valence-corrected chi connectivity index (χ0v) is 13.7. The zero-order chi connectivity index (χ0) is 15.2. The van der Waals surface area contributed by atoms with Gasteiger partial charge in [0.1, 0.15) is 0 Å². The van der Waals surface area contributed by atoms with E-state index in [-0.39, 0.29) is 5.91 Å². The SMILES string of the molecule is CCC1CCC(NCC(=O)Nc2cc(Cl)ccc2C)CC1. The van der Waals surface area contributed by atoms with Crippen LogP contribution in [0.4, 0.5) is 5.69 Å². The van der Waals surface area contributed by atoms with Gasteiger partial charge in [-0.1, -0.05) is 31.0 Å². The number of carbonyl (C=O) groups is 1. The molecular weight excluding hydrogens is 284 g/mol. The molecule has 2 N–H and O–H groups in total. The van der Waals surface area contributed by atoms with Gasteiger partial charge in [0, 0.05) is 16.8 Å².